The van der Waals surface area contributed by atoms with E-state index in [4.69, 9.17) is 22.1 Å². The fraction of sp³-hybridized carbons (Fsp3) is 0.136. The van der Waals surface area contributed by atoms with Gasteiger partial charge in [-0.2, -0.15) is 0 Å². The smallest absolute Gasteiger partial charge is 0.237 e. The molecule has 5 rings (SSSR count). The van der Waals surface area contributed by atoms with E-state index in [0.29, 0.717) is 57.7 Å². The van der Waals surface area contributed by atoms with Gasteiger partial charge in [-0.05, 0) is 30.7 Å². The van der Waals surface area contributed by atoms with Gasteiger partial charge in [0.2, 0.25) is 11.8 Å². The molecule has 0 bridgehead atoms. The van der Waals surface area contributed by atoms with E-state index in [1.54, 1.807) is 18.3 Å². The van der Waals surface area contributed by atoms with E-state index < -0.39 is 5.82 Å². The van der Waals surface area contributed by atoms with E-state index >= 15 is 4.39 Å². The van der Waals surface area contributed by atoms with Crippen molar-refractivity contribution in [2.75, 3.05) is 29.5 Å². The molecular weight excluding hydrogens is 419 g/mol. The number of rotatable bonds is 3. The maximum atomic E-state index is 15.2. The van der Waals surface area contributed by atoms with Crippen molar-refractivity contribution in [2.45, 2.75) is 6.92 Å². The van der Waals surface area contributed by atoms with Crippen LogP contribution in [0.2, 0.25) is 5.02 Å². The third-order valence-corrected chi connectivity index (χ3v) is 5.55. The van der Waals surface area contributed by atoms with Crippen LogP contribution in [-0.2, 0) is 0 Å². The first kappa shape index (κ1) is 19.3. The Kier molecular flexibility index (Phi) is 4.71. The lowest BCUT2D eigenvalue weighted by atomic mass is 9.98. The highest BCUT2D eigenvalue weighted by Crippen LogP contribution is 2.39. The number of fused-ring (bicyclic) bond motifs is 2. The van der Waals surface area contributed by atoms with Crippen molar-refractivity contribution in [1.82, 2.24) is 15.0 Å². The van der Waals surface area contributed by atoms with Gasteiger partial charge in [-0.3, -0.25) is 0 Å². The van der Waals surface area contributed by atoms with Crippen LogP contribution in [0.15, 0.2) is 42.7 Å². The van der Waals surface area contributed by atoms with Crippen LogP contribution >= 0.6 is 11.6 Å². The fourth-order valence-electron chi connectivity index (χ4n) is 3.61. The number of aromatic nitrogens is 3. The number of hydrogen-bond acceptors (Lipinski definition) is 7. The Morgan fingerprint density at radius 3 is 2.87 bits per heavy atom. The number of pyridine rings is 1. The summed E-state index contributed by atoms with van der Waals surface area (Å²) in [6.07, 6.45) is 3.09. The molecule has 0 fully saturated rings. The van der Waals surface area contributed by atoms with Gasteiger partial charge in [-0.15, -0.1) is 0 Å². The van der Waals surface area contributed by atoms with Crippen molar-refractivity contribution >= 4 is 45.5 Å². The third-order valence-electron chi connectivity index (χ3n) is 5.22. The van der Waals surface area contributed by atoms with E-state index in [2.05, 4.69) is 25.6 Å². The molecule has 1 aliphatic rings. The number of nitrogens with zero attached hydrogens (tertiary/aromatic N) is 3. The number of para-hydroxylation sites is 1. The minimum atomic E-state index is -0.538. The van der Waals surface area contributed by atoms with Gasteiger partial charge in [0.25, 0.3) is 0 Å². The number of hydrogen-bond donors (Lipinski definition) is 3. The second kappa shape index (κ2) is 7.55. The van der Waals surface area contributed by atoms with Crippen molar-refractivity contribution in [1.29, 1.82) is 0 Å². The first-order valence-corrected chi connectivity index (χ1v) is 10.0. The van der Waals surface area contributed by atoms with Crippen LogP contribution in [0.5, 0.6) is 5.88 Å². The summed E-state index contributed by atoms with van der Waals surface area (Å²) in [5.41, 5.74) is 9.77. The van der Waals surface area contributed by atoms with Gasteiger partial charge in [-0.1, -0.05) is 23.7 Å². The SMILES string of the molecule is Cc1c(-c2cc3nc(Nc4ccccc4Cl)ncc3c(N)c2F)cnc2c1NCCO2. The second-order valence-electron chi connectivity index (χ2n) is 7.14. The predicted octanol–water partition coefficient (Wildman–Crippen LogP) is 4.92. The molecule has 156 valence electrons. The number of nitrogen functional groups attached to an aromatic ring is 1. The number of anilines is 4. The van der Waals surface area contributed by atoms with Crippen LogP contribution in [0.1, 0.15) is 5.56 Å². The van der Waals surface area contributed by atoms with Gasteiger partial charge >= 0.3 is 0 Å². The van der Waals surface area contributed by atoms with Gasteiger partial charge in [-0.25, -0.2) is 19.3 Å². The van der Waals surface area contributed by atoms with Crippen molar-refractivity contribution in [2.24, 2.45) is 0 Å². The zero-order valence-corrected chi connectivity index (χ0v) is 17.3. The quantitative estimate of drug-likeness (QED) is 0.392. The topological polar surface area (TPSA) is 98.0 Å². The molecule has 3 heterocycles. The molecule has 0 aliphatic carbocycles. The van der Waals surface area contributed by atoms with Crippen molar-refractivity contribution in [3.05, 3.63) is 59.1 Å². The number of ether oxygens (including phenoxy) is 1. The maximum Gasteiger partial charge on any atom is 0.237 e. The van der Waals surface area contributed by atoms with Gasteiger partial charge in [0, 0.05) is 35.5 Å². The van der Waals surface area contributed by atoms with Crippen molar-refractivity contribution in [3.63, 3.8) is 0 Å². The Morgan fingerprint density at radius 1 is 1.19 bits per heavy atom. The molecule has 0 spiro atoms. The van der Waals surface area contributed by atoms with Gasteiger partial charge < -0.3 is 21.1 Å². The van der Waals surface area contributed by atoms with Gasteiger partial charge in [0.15, 0.2) is 5.82 Å². The minimum absolute atomic E-state index is 0.0156. The molecule has 7 nitrogen and oxygen atoms in total. The number of benzene rings is 2. The largest absolute Gasteiger partial charge is 0.474 e. The molecule has 2 aromatic heterocycles. The van der Waals surface area contributed by atoms with Crippen LogP contribution in [0.4, 0.5) is 27.4 Å². The molecule has 0 saturated heterocycles. The molecule has 0 atom stereocenters. The summed E-state index contributed by atoms with van der Waals surface area (Å²) in [4.78, 5) is 13.1. The molecule has 4 N–H and O–H groups in total. The lowest BCUT2D eigenvalue weighted by Gasteiger charge is -2.22. The van der Waals surface area contributed by atoms with Crippen LogP contribution in [0.3, 0.4) is 0 Å². The first-order valence-electron chi connectivity index (χ1n) is 9.66. The highest BCUT2D eigenvalue weighted by molar-refractivity contribution is 6.33. The average molecular weight is 437 g/mol. The van der Waals surface area contributed by atoms with Crippen molar-refractivity contribution in [3.8, 4) is 17.0 Å². The third kappa shape index (κ3) is 3.34. The Bertz CT molecular complexity index is 1330. The summed E-state index contributed by atoms with van der Waals surface area (Å²) in [5, 5.41) is 7.31. The normalized spacial score (nSPS) is 12.7. The molecule has 0 amide bonds. The summed E-state index contributed by atoms with van der Waals surface area (Å²) in [6, 6.07) is 8.92. The van der Waals surface area contributed by atoms with Crippen LogP contribution in [-0.4, -0.2) is 28.1 Å². The Labute approximate surface area is 182 Å². The molecule has 0 unspecified atom stereocenters. The molecule has 2 aromatic carbocycles. The van der Waals surface area contributed by atoms with E-state index in [1.807, 2.05) is 25.1 Å². The van der Waals surface area contributed by atoms with E-state index in [0.717, 1.165) is 11.3 Å². The highest BCUT2D eigenvalue weighted by Gasteiger charge is 2.21. The summed E-state index contributed by atoms with van der Waals surface area (Å²) in [7, 11) is 0. The molecule has 31 heavy (non-hydrogen) atoms. The lowest BCUT2D eigenvalue weighted by molar-refractivity contribution is 0.310. The number of halogens is 2. The Balaban J connectivity index is 1.63. The average Bonchev–Trinajstić information content (AvgIpc) is 2.78. The second-order valence-corrected chi connectivity index (χ2v) is 7.54. The Hall–Kier alpha value is -3.65. The van der Waals surface area contributed by atoms with Crippen LogP contribution < -0.4 is 21.1 Å². The van der Waals surface area contributed by atoms with E-state index in [9.17, 15) is 0 Å². The highest BCUT2D eigenvalue weighted by atomic mass is 35.5. The maximum absolute atomic E-state index is 15.2. The summed E-state index contributed by atoms with van der Waals surface area (Å²) >= 11 is 6.21. The monoisotopic (exact) mass is 436 g/mol. The lowest BCUT2D eigenvalue weighted by Crippen LogP contribution is -2.20. The van der Waals surface area contributed by atoms with Crippen LogP contribution in [0.25, 0.3) is 22.0 Å². The standard InChI is InChI=1S/C22H18ClFN6O/c1-11-13(9-27-21-20(11)26-6-7-31-21)12-8-17-14(19(25)18(12)24)10-28-22(30-17)29-16-5-3-2-4-15(16)23/h2-5,8-10,26H,6-7,25H2,1H3,(H,28,29,30). The summed E-state index contributed by atoms with van der Waals surface area (Å²) < 4.78 is 20.8. The zero-order valence-electron chi connectivity index (χ0n) is 16.5. The predicted molar refractivity (Wildman–Crippen MR) is 121 cm³/mol. The van der Waals surface area contributed by atoms with Crippen molar-refractivity contribution < 1.29 is 9.13 Å². The number of nitrogens with two attached hydrogens (primary N) is 1. The molecule has 0 saturated carbocycles. The first-order chi connectivity index (χ1) is 15.0. The van der Waals surface area contributed by atoms with E-state index in [1.165, 1.54) is 6.20 Å². The fourth-order valence-corrected chi connectivity index (χ4v) is 3.79. The van der Waals surface area contributed by atoms with Crippen LogP contribution in [0, 0.1) is 12.7 Å². The zero-order chi connectivity index (χ0) is 21.5. The minimum Gasteiger partial charge on any atom is -0.474 e. The molecular formula is C22H18ClFN6O. The molecule has 4 aromatic rings. The molecule has 1 aliphatic heterocycles. The van der Waals surface area contributed by atoms with Gasteiger partial charge in [0.05, 0.1) is 21.9 Å². The molecule has 0 radical (unpaired) electrons. The van der Waals surface area contributed by atoms with E-state index in [-0.39, 0.29) is 5.69 Å². The Morgan fingerprint density at radius 2 is 2.03 bits per heavy atom. The summed E-state index contributed by atoms with van der Waals surface area (Å²) in [6.45, 7) is 3.08. The molecule has 9 heteroatoms. The van der Waals surface area contributed by atoms with Gasteiger partial charge in [0.1, 0.15) is 12.3 Å². The summed E-state index contributed by atoms with van der Waals surface area (Å²) in [5.74, 6) is 0.299. The number of nitrogens with one attached hydrogen (secondary N) is 2.